The van der Waals surface area contributed by atoms with E-state index in [0.29, 0.717) is 5.70 Å². The quantitative estimate of drug-likeness (QED) is 0.791. The maximum absolute atomic E-state index is 12.7. The summed E-state index contributed by atoms with van der Waals surface area (Å²) in [5, 5.41) is 0. The highest BCUT2D eigenvalue weighted by Gasteiger charge is 2.40. The molecule has 2 amide bonds. The van der Waals surface area contributed by atoms with Crippen molar-refractivity contribution in [2.45, 2.75) is 19.6 Å². The molecule has 0 aliphatic carbocycles. The van der Waals surface area contributed by atoms with Crippen LogP contribution in [0.2, 0.25) is 0 Å². The number of nitrogens with zero attached hydrogens (tertiary/aromatic N) is 2. The summed E-state index contributed by atoms with van der Waals surface area (Å²) in [6.07, 6.45) is 0. The van der Waals surface area contributed by atoms with Gasteiger partial charge in [-0.1, -0.05) is 18.2 Å². The summed E-state index contributed by atoms with van der Waals surface area (Å²) in [7, 11) is 4.23. The smallest absolute Gasteiger partial charge is 0.387 e. The third-order valence-corrected chi connectivity index (χ3v) is 3.98. The molecule has 0 spiro atoms. The minimum atomic E-state index is -3.02. The molecular weight excluding hydrogens is 322 g/mol. The number of likely N-dealkylation sites (N-methyl/N-ethyl adjacent to an activating group) is 1. The number of rotatable bonds is 4. The Kier molecular flexibility index (Phi) is 5.06. The standard InChI is InChI=1S/C16H18F2N2O4/c1-9-12(14(21)23-4)13(20(3)16(22)19(9)2)10-7-5-6-8-11(10)24-15(17)18/h5-8,13,15H,1-4H3/t13-/m0/s1. The fraction of sp³-hybridized carbons (Fsp3) is 0.375. The number of urea groups is 1. The molecule has 0 saturated carbocycles. The van der Waals surface area contributed by atoms with E-state index >= 15 is 0 Å². The number of hydrogen-bond acceptors (Lipinski definition) is 4. The molecular formula is C16H18F2N2O4. The second-order valence-corrected chi connectivity index (χ2v) is 5.26. The van der Waals surface area contributed by atoms with Gasteiger partial charge in [0.25, 0.3) is 0 Å². The number of carbonyl (C=O) groups is 2. The molecule has 8 heteroatoms. The molecule has 1 heterocycles. The Balaban J connectivity index is 2.65. The van der Waals surface area contributed by atoms with Crippen molar-refractivity contribution < 1.29 is 27.8 Å². The predicted octanol–water partition coefficient (Wildman–Crippen LogP) is 2.77. The summed E-state index contributed by atoms with van der Waals surface area (Å²) in [6, 6.07) is 4.78. The van der Waals surface area contributed by atoms with E-state index in [1.54, 1.807) is 13.0 Å². The molecule has 0 bridgehead atoms. The Morgan fingerprint density at radius 1 is 1.25 bits per heavy atom. The van der Waals surface area contributed by atoms with Gasteiger partial charge in [-0.25, -0.2) is 9.59 Å². The molecule has 1 aliphatic rings. The molecule has 1 aromatic carbocycles. The summed E-state index contributed by atoms with van der Waals surface area (Å²) >= 11 is 0. The molecule has 24 heavy (non-hydrogen) atoms. The lowest BCUT2D eigenvalue weighted by Gasteiger charge is -2.39. The van der Waals surface area contributed by atoms with E-state index in [4.69, 9.17) is 4.74 Å². The first-order chi connectivity index (χ1) is 11.3. The molecule has 6 nitrogen and oxygen atoms in total. The van der Waals surface area contributed by atoms with E-state index < -0.39 is 18.6 Å². The van der Waals surface area contributed by atoms with Crippen LogP contribution in [0.3, 0.4) is 0 Å². The number of benzene rings is 1. The van der Waals surface area contributed by atoms with Crippen LogP contribution in [0.15, 0.2) is 35.5 Å². The zero-order chi connectivity index (χ0) is 18.0. The SMILES string of the molecule is COC(=O)C1=C(C)N(C)C(=O)N(C)[C@H]1c1ccccc1OC(F)F. The van der Waals surface area contributed by atoms with Crippen molar-refractivity contribution >= 4 is 12.0 Å². The van der Waals surface area contributed by atoms with Crippen LogP contribution in [0.4, 0.5) is 13.6 Å². The van der Waals surface area contributed by atoms with E-state index in [-0.39, 0.29) is 22.9 Å². The summed E-state index contributed by atoms with van der Waals surface area (Å²) in [5.74, 6) is -0.744. The zero-order valence-corrected chi connectivity index (χ0v) is 13.7. The highest BCUT2D eigenvalue weighted by atomic mass is 19.3. The van der Waals surface area contributed by atoms with Gasteiger partial charge in [-0.05, 0) is 13.0 Å². The van der Waals surface area contributed by atoms with E-state index in [1.165, 1.54) is 49.2 Å². The molecule has 2 rings (SSSR count). The first kappa shape index (κ1) is 17.7. The lowest BCUT2D eigenvalue weighted by atomic mass is 9.93. The molecule has 0 N–H and O–H groups in total. The first-order valence-electron chi connectivity index (χ1n) is 7.13. The number of esters is 1. The largest absolute Gasteiger partial charge is 0.466 e. The molecule has 1 aromatic rings. The summed E-state index contributed by atoms with van der Waals surface area (Å²) < 4.78 is 34.7. The Morgan fingerprint density at radius 3 is 2.46 bits per heavy atom. The minimum absolute atomic E-state index is 0.101. The van der Waals surface area contributed by atoms with Gasteiger partial charge in [0, 0.05) is 25.4 Å². The third kappa shape index (κ3) is 3.04. The van der Waals surface area contributed by atoms with E-state index in [9.17, 15) is 18.4 Å². The molecule has 1 aliphatic heterocycles. The molecule has 0 aromatic heterocycles. The Bertz CT molecular complexity index is 690. The predicted molar refractivity (Wildman–Crippen MR) is 81.5 cm³/mol. The van der Waals surface area contributed by atoms with E-state index in [2.05, 4.69) is 4.74 Å². The van der Waals surface area contributed by atoms with Gasteiger partial charge in [-0.2, -0.15) is 8.78 Å². The second-order valence-electron chi connectivity index (χ2n) is 5.26. The van der Waals surface area contributed by atoms with E-state index in [1.807, 2.05) is 0 Å². The highest BCUT2D eigenvalue weighted by molar-refractivity contribution is 5.95. The van der Waals surface area contributed by atoms with Crippen LogP contribution in [0.5, 0.6) is 5.75 Å². The summed E-state index contributed by atoms with van der Waals surface area (Å²) in [5.41, 5.74) is 0.857. The lowest BCUT2D eigenvalue weighted by molar-refractivity contribution is -0.137. The number of alkyl halides is 2. The van der Waals surface area contributed by atoms with Gasteiger partial charge >= 0.3 is 18.6 Å². The van der Waals surface area contributed by atoms with E-state index in [0.717, 1.165) is 0 Å². The normalized spacial score (nSPS) is 18.3. The van der Waals surface area contributed by atoms with Crippen molar-refractivity contribution in [2.24, 2.45) is 0 Å². The number of amides is 2. The van der Waals surface area contributed by atoms with Gasteiger partial charge in [0.2, 0.25) is 0 Å². The van der Waals surface area contributed by atoms with Crippen LogP contribution < -0.4 is 4.74 Å². The molecule has 130 valence electrons. The maximum Gasteiger partial charge on any atom is 0.387 e. The van der Waals surface area contributed by atoms with Crippen molar-refractivity contribution in [1.82, 2.24) is 9.80 Å². The highest BCUT2D eigenvalue weighted by Crippen LogP contribution is 2.40. The van der Waals surface area contributed by atoms with Gasteiger partial charge < -0.3 is 19.3 Å². The number of para-hydroxylation sites is 1. The molecule has 1 atom stereocenters. The fourth-order valence-electron chi connectivity index (χ4n) is 2.71. The van der Waals surface area contributed by atoms with Crippen molar-refractivity contribution in [3.8, 4) is 5.75 Å². The molecule has 0 fully saturated rings. The molecule has 0 unspecified atom stereocenters. The monoisotopic (exact) mass is 340 g/mol. The van der Waals surface area contributed by atoms with Crippen molar-refractivity contribution in [2.75, 3.05) is 21.2 Å². The second kappa shape index (κ2) is 6.86. The van der Waals surface area contributed by atoms with Gasteiger partial charge in [-0.3, -0.25) is 0 Å². The summed E-state index contributed by atoms with van der Waals surface area (Å²) in [4.78, 5) is 27.2. The van der Waals surface area contributed by atoms with Crippen LogP contribution in [0.1, 0.15) is 18.5 Å². The van der Waals surface area contributed by atoms with Crippen molar-refractivity contribution in [3.63, 3.8) is 0 Å². The maximum atomic E-state index is 12.7. The molecule has 0 saturated heterocycles. The Labute approximate surface area is 138 Å². The average Bonchev–Trinajstić information content (AvgIpc) is 2.55. The van der Waals surface area contributed by atoms with Crippen LogP contribution in [-0.2, 0) is 9.53 Å². The number of allylic oxidation sites excluding steroid dienone is 1. The topological polar surface area (TPSA) is 59.1 Å². The Morgan fingerprint density at radius 2 is 1.88 bits per heavy atom. The van der Waals surface area contributed by atoms with Crippen LogP contribution in [0.25, 0.3) is 0 Å². The van der Waals surface area contributed by atoms with Gasteiger partial charge in [0.15, 0.2) is 0 Å². The van der Waals surface area contributed by atoms with Gasteiger partial charge in [0.1, 0.15) is 5.75 Å². The lowest BCUT2D eigenvalue weighted by Crippen LogP contribution is -2.47. The minimum Gasteiger partial charge on any atom is -0.466 e. The average molecular weight is 340 g/mol. The molecule has 0 radical (unpaired) electrons. The van der Waals surface area contributed by atoms with Crippen LogP contribution in [-0.4, -0.2) is 49.6 Å². The van der Waals surface area contributed by atoms with Crippen molar-refractivity contribution in [1.29, 1.82) is 0 Å². The van der Waals surface area contributed by atoms with Gasteiger partial charge in [0.05, 0.1) is 18.7 Å². The number of ether oxygens (including phenoxy) is 2. The fourth-order valence-corrected chi connectivity index (χ4v) is 2.71. The number of halogens is 2. The number of carbonyl (C=O) groups excluding carboxylic acids is 2. The first-order valence-corrected chi connectivity index (χ1v) is 7.13. The van der Waals surface area contributed by atoms with Gasteiger partial charge in [-0.15, -0.1) is 0 Å². The van der Waals surface area contributed by atoms with Crippen LogP contribution >= 0.6 is 0 Å². The van der Waals surface area contributed by atoms with Crippen molar-refractivity contribution in [3.05, 3.63) is 41.1 Å². The number of hydrogen-bond donors (Lipinski definition) is 0. The third-order valence-electron chi connectivity index (χ3n) is 3.98. The zero-order valence-electron chi connectivity index (χ0n) is 13.7. The number of methoxy groups -OCH3 is 1. The Hall–Kier alpha value is -2.64. The van der Waals surface area contributed by atoms with Crippen LogP contribution in [0, 0.1) is 0 Å². The summed E-state index contributed by atoms with van der Waals surface area (Å²) in [6.45, 7) is -1.43.